The number of benzene rings is 2. The Hall–Kier alpha value is -9.89. The van der Waals surface area contributed by atoms with Crippen molar-refractivity contribution in [3.8, 4) is 11.5 Å². The van der Waals surface area contributed by atoms with Crippen molar-refractivity contribution in [2.24, 2.45) is 56.0 Å². The Kier molecular flexibility index (Phi) is 53.1. The smallest absolute Gasteiger partial charge is 0.870 e. The van der Waals surface area contributed by atoms with E-state index in [0.717, 1.165) is 24.8 Å². The maximum absolute atomic E-state index is 10.9. The third-order valence-electron chi connectivity index (χ3n) is 6.50. The quantitative estimate of drug-likeness (QED) is 0.0122. The van der Waals surface area contributed by atoms with E-state index in [1.165, 1.54) is 30.3 Å². The number of phenolic OH excluding ortho intramolecular Hbond substituents is 2. The summed E-state index contributed by atoms with van der Waals surface area (Å²) in [5, 5.41) is 70.1. The summed E-state index contributed by atoms with van der Waals surface area (Å²) < 4.78 is 0.248. The topological polar surface area (TPSA) is 737 Å². The molecule has 0 bridgehead atoms. The molecule has 450 valence electrons. The van der Waals surface area contributed by atoms with Gasteiger partial charge in [-0.3, -0.25) is 92.0 Å². The van der Waals surface area contributed by atoms with Gasteiger partial charge in [0.1, 0.15) is 48.7 Å². The van der Waals surface area contributed by atoms with Crippen LogP contribution in [0.15, 0.2) is 108 Å². The largest absolute Gasteiger partial charge is 1.00 e. The number of thioether (sulfide) groups is 1. The summed E-state index contributed by atoms with van der Waals surface area (Å²) in [7, 11) is 0. The predicted molar refractivity (Wildman–Crippen MR) is 308 cm³/mol. The second kappa shape index (κ2) is 53.7. The van der Waals surface area contributed by atoms with E-state index in [4.69, 9.17) is 48.2 Å². The average Bonchev–Trinajstić information content (AvgIpc) is 3.49. The number of hydrazone groups is 2. The zero-order valence-electron chi connectivity index (χ0n) is 42.9. The number of carbonyl (C=O) groups is 5. The van der Waals surface area contributed by atoms with Gasteiger partial charge >= 0.3 is 41.5 Å². The molecule has 84 heavy (non-hydrogen) atoms. The molecule has 0 radical (unpaired) electrons. The molecule has 1 amide bonds. The second-order valence-corrected chi connectivity index (χ2v) is 14.3. The number of hydrogen-bond acceptors (Lipinski definition) is 35. The van der Waals surface area contributed by atoms with Crippen molar-refractivity contribution in [2.45, 2.75) is 5.50 Å². The average molecular weight is 1270 g/mol. The Balaban J connectivity index is -0.000000283. The summed E-state index contributed by atoms with van der Waals surface area (Å²) in [5.74, 6) is 25.1. The van der Waals surface area contributed by atoms with E-state index in [2.05, 4.69) is 157 Å². The van der Waals surface area contributed by atoms with Crippen LogP contribution in [-0.4, -0.2) is 158 Å². The van der Waals surface area contributed by atoms with Gasteiger partial charge in [0.2, 0.25) is 29.2 Å². The van der Waals surface area contributed by atoms with Crippen LogP contribution in [0, 0.1) is 4.77 Å². The molecule has 0 saturated heterocycles. The normalized spacial score (nSPS) is 10.4. The molecule has 1 unspecified atom stereocenters. The van der Waals surface area contributed by atoms with Crippen LogP contribution in [0.25, 0.3) is 0 Å². The summed E-state index contributed by atoms with van der Waals surface area (Å²) >= 11 is 14.6. The molecule has 7 rings (SSSR count). The molecule has 1 atom stereocenters. The van der Waals surface area contributed by atoms with Crippen LogP contribution in [0.5, 0.6) is 11.5 Å². The summed E-state index contributed by atoms with van der Waals surface area (Å²) in [4.78, 5) is 103. The number of nitrogens with one attached hydrogen (secondary N) is 12. The third kappa shape index (κ3) is 48.1. The molecule has 0 spiro atoms. The molecule has 1 aliphatic heterocycles. The van der Waals surface area contributed by atoms with Crippen molar-refractivity contribution in [2.75, 3.05) is 22.5 Å². The molecule has 5 heterocycles. The minimum atomic E-state index is -1.43. The van der Waals surface area contributed by atoms with Gasteiger partial charge in [-0.2, -0.15) is 15.3 Å². The van der Waals surface area contributed by atoms with Crippen molar-refractivity contribution < 1.29 is 79.4 Å². The number of nitrogen functional groups attached to an aromatic ring is 2. The molecule has 43 nitrogen and oxygen atoms in total. The zero-order chi connectivity index (χ0) is 62.7. The van der Waals surface area contributed by atoms with Gasteiger partial charge in [-0.05, 0) is 67.2 Å². The van der Waals surface area contributed by atoms with Crippen molar-refractivity contribution in [1.82, 2.24) is 82.3 Å². The Bertz CT molecular complexity index is 3180. The second-order valence-electron chi connectivity index (χ2n) is 12.2. The van der Waals surface area contributed by atoms with Crippen LogP contribution >= 0.6 is 48.4 Å². The fraction of sp³-hybridized carbons (Fsp3) is 0.0556. The molecule has 0 aliphatic carbocycles. The van der Waals surface area contributed by atoms with Crippen LogP contribution in [0.2, 0.25) is 0 Å². The Morgan fingerprint density at radius 3 is 1.46 bits per heavy atom. The Morgan fingerprint density at radius 1 is 0.714 bits per heavy atom. The third-order valence-corrected chi connectivity index (χ3v) is 7.73. The van der Waals surface area contributed by atoms with Crippen LogP contribution in [-0.2, 0) is 19.2 Å². The monoisotopic (exact) mass is 1270 g/mol. The molecular formula is C36H52N29NaO14S4. The molecule has 1 aliphatic rings. The fourth-order valence-corrected chi connectivity index (χ4v) is 4.02. The minimum absolute atomic E-state index is 0. The summed E-state index contributed by atoms with van der Waals surface area (Å²) in [6.07, 6.45) is 9.90. The van der Waals surface area contributed by atoms with E-state index in [1.807, 2.05) is 17.1 Å². The maximum atomic E-state index is 10.9. The van der Waals surface area contributed by atoms with Crippen molar-refractivity contribution in [3.05, 3.63) is 131 Å². The van der Waals surface area contributed by atoms with Crippen LogP contribution in [0.3, 0.4) is 0 Å². The maximum Gasteiger partial charge on any atom is 1.00 e. The van der Waals surface area contributed by atoms with Gasteiger partial charge in [0.05, 0.1) is 11.8 Å². The fourth-order valence-electron chi connectivity index (χ4n) is 3.41. The van der Waals surface area contributed by atoms with Crippen LogP contribution in [0.1, 0.15) is 15.9 Å². The summed E-state index contributed by atoms with van der Waals surface area (Å²) in [5.41, 5.74) is 17.8. The number of thiocarbonyl (C=S) groups is 2. The number of carboxylic acids is 2. The number of nitrogens with two attached hydrogens (primary N) is 7. The first-order chi connectivity index (χ1) is 39.1. The molecule has 0 fully saturated rings. The number of aromatic amines is 5. The van der Waals surface area contributed by atoms with E-state index in [0.29, 0.717) is 23.6 Å². The number of aldehydes is 2. The van der Waals surface area contributed by atoms with Crippen molar-refractivity contribution >= 4 is 126 Å². The van der Waals surface area contributed by atoms with Crippen LogP contribution < -0.4 is 130 Å². The van der Waals surface area contributed by atoms with Crippen molar-refractivity contribution in [1.29, 1.82) is 0 Å². The van der Waals surface area contributed by atoms with Gasteiger partial charge in [-0.1, -0.05) is 24.3 Å². The molecule has 48 heteroatoms. The molecule has 0 saturated carbocycles. The predicted octanol–water partition coefficient (Wildman–Crippen LogP) is -9.91. The Morgan fingerprint density at radius 2 is 1.15 bits per heavy atom. The molecule has 6 aromatic rings. The van der Waals surface area contributed by atoms with Crippen molar-refractivity contribution in [3.63, 3.8) is 0 Å². The van der Waals surface area contributed by atoms with E-state index >= 15 is 0 Å². The number of amides is 1. The number of para-hydroxylation sites is 2. The number of aliphatic imine (C=N–C) groups is 1. The van der Waals surface area contributed by atoms with Gasteiger partial charge in [-0.25, -0.2) is 43.4 Å². The van der Waals surface area contributed by atoms with Gasteiger partial charge in [0, 0.05) is 5.56 Å². The number of hydrogen-bond donors (Lipinski definition) is 23. The molecular weight excluding hydrogens is 1210 g/mol. The van der Waals surface area contributed by atoms with Gasteiger partial charge in [-0.15, -0.1) is 42.4 Å². The standard InChI is InChI=1S/C10H9N5O2.C7H6O2.C4H7N3OS.2C3H5N5O.C3H5N3O2S.C3H3N3OS.C2H2O3.CH5N3S.H4N2.Na.H2O/c16-8-4-2-1-3-7(8)5-11-14-10-13-9(17)6-12-15-10;8-5-6-3-1-2-4-7(6)9;1-9-4-6-3(8)2-5-7-4;2*4-7-3-6-2(9)1-5-8-3;4-6-3(9)5-1-2(7)8;7-2-1-4-6-3(8)5-2;3-1-2(4)5;2-1(5)4-3;1-2;;/h1-6,16H,(H2,13,14,15,17);1-5,9H;2,4,7H,1H3,(H,6,8);2*1H,4H2,(H2,6,7,8,9);1H,4H2,(H,6,9)(H,7,8);1H,(H2,5,6,7,8);1H,(H,4,5);3H2,(H3,2,4,5);1-2H2;;1H2/q;;;;;;;;;;+1;/p-1/b11-5+;;;;;;;;;;;. The number of hydrazine groups is 5. The van der Waals surface area contributed by atoms with Gasteiger partial charge in [0.15, 0.2) is 21.7 Å². The molecule has 31 N–H and O–H groups in total. The number of carbonyl (C=O) groups excluding carboxylic acids is 3. The van der Waals surface area contributed by atoms with Crippen LogP contribution in [0.4, 0.5) is 17.8 Å². The van der Waals surface area contributed by atoms with Gasteiger partial charge < -0.3 is 42.4 Å². The van der Waals surface area contributed by atoms with E-state index in [-0.39, 0.29) is 119 Å². The van der Waals surface area contributed by atoms with Gasteiger partial charge in [0.25, 0.3) is 28.1 Å². The van der Waals surface area contributed by atoms with E-state index in [1.54, 1.807) is 42.5 Å². The first-order valence-electron chi connectivity index (χ1n) is 20.4. The summed E-state index contributed by atoms with van der Waals surface area (Å²) in [6, 6.07) is 13.1. The first kappa shape index (κ1) is 82.9. The zero-order valence-corrected chi connectivity index (χ0v) is 48.2. The number of carboxylic acid groups (broad SMARTS) is 2. The number of aliphatic carboxylic acids is 2. The SMILES string of the molecule is CSC1NN=CC(=O)N1.NN.NNC(=S)N=CC(=O)O.NNC(N)=S.NNc1nncc(=O)[nH]1.NNc1nncc(=O)[nH]1.O=CC(=O)O.O=Cc1ccccc1O.O=c1cn[nH]c(=S)[nH]1.O=c1cnnc(N/N=C/c2ccccc2O)[nH]1.[Na+].[OH-]. The summed E-state index contributed by atoms with van der Waals surface area (Å²) in [6.45, 7) is 0. The number of aromatic nitrogens is 12. The minimum Gasteiger partial charge on any atom is -0.870 e. The number of nitrogens with zero attached hydrogens (tertiary/aromatic N) is 10. The number of anilines is 3. The number of H-pyrrole nitrogens is 5. The number of phenols is 2. The van der Waals surface area contributed by atoms with E-state index < -0.39 is 11.9 Å². The molecule has 4 aromatic heterocycles. The van der Waals surface area contributed by atoms with E-state index in [9.17, 15) is 38.7 Å². The molecule has 2 aromatic carbocycles. The number of rotatable bonds is 9. The first-order valence-corrected chi connectivity index (χ1v) is 22.9. The number of aromatic hydroxyl groups is 2. The Labute approximate surface area is 510 Å².